The summed E-state index contributed by atoms with van der Waals surface area (Å²) in [5.41, 5.74) is 0.670. The SMILES string of the molecule is CCNC(=NCc1ccc(O)c(F)c1)NCC(C)Oc1cccc(OC)c1.I. The molecule has 0 amide bonds. The molecular formula is C20H27FIN3O3. The number of ether oxygens (including phenoxy) is 2. The molecule has 0 saturated carbocycles. The lowest BCUT2D eigenvalue weighted by Crippen LogP contribution is -2.41. The van der Waals surface area contributed by atoms with E-state index in [1.165, 1.54) is 12.1 Å². The van der Waals surface area contributed by atoms with Crippen molar-refractivity contribution in [2.24, 2.45) is 4.99 Å². The topological polar surface area (TPSA) is 75.1 Å². The highest BCUT2D eigenvalue weighted by Crippen LogP contribution is 2.20. The van der Waals surface area contributed by atoms with Crippen molar-refractivity contribution < 1.29 is 19.0 Å². The molecule has 0 bridgehead atoms. The number of hydrogen-bond acceptors (Lipinski definition) is 4. The summed E-state index contributed by atoms with van der Waals surface area (Å²) in [6, 6.07) is 11.7. The number of guanidine groups is 1. The van der Waals surface area contributed by atoms with Gasteiger partial charge in [-0.05, 0) is 43.7 Å². The lowest BCUT2D eigenvalue weighted by atomic mass is 10.2. The highest BCUT2D eigenvalue weighted by atomic mass is 127. The van der Waals surface area contributed by atoms with Gasteiger partial charge in [-0.25, -0.2) is 9.38 Å². The lowest BCUT2D eigenvalue weighted by molar-refractivity contribution is 0.223. The molecule has 6 nitrogen and oxygen atoms in total. The van der Waals surface area contributed by atoms with Gasteiger partial charge in [0.1, 0.15) is 17.6 Å². The Balaban J connectivity index is 0.00000392. The fourth-order valence-electron chi connectivity index (χ4n) is 2.35. The van der Waals surface area contributed by atoms with E-state index in [4.69, 9.17) is 9.47 Å². The van der Waals surface area contributed by atoms with E-state index in [2.05, 4.69) is 15.6 Å². The number of nitrogens with one attached hydrogen (secondary N) is 2. The first kappa shape index (κ1) is 23.8. The van der Waals surface area contributed by atoms with Crippen molar-refractivity contribution in [2.45, 2.75) is 26.5 Å². The zero-order chi connectivity index (χ0) is 19.6. The third-order valence-corrected chi connectivity index (χ3v) is 3.71. The van der Waals surface area contributed by atoms with Gasteiger partial charge in [-0.2, -0.15) is 0 Å². The molecule has 1 atom stereocenters. The molecule has 2 aromatic rings. The number of nitrogens with zero attached hydrogens (tertiary/aromatic N) is 1. The summed E-state index contributed by atoms with van der Waals surface area (Å²) in [6.07, 6.45) is -0.105. The molecule has 28 heavy (non-hydrogen) atoms. The van der Waals surface area contributed by atoms with Gasteiger partial charge in [0, 0.05) is 12.6 Å². The molecule has 2 aromatic carbocycles. The molecule has 1 unspecified atom stereocenters. The monoisotopic (exact) mass is 503 g/mol. The van der Waals surface area contributed by atoms with Crippen molar-refractivity contribution >= 4 is 29.9 Å². The molecule has 8 heteroatoms. The Morgan fingerprint density at radius 1 is 1.18 bits per heavy atom. The number of phenolic OH excluding ortho intramolecular Hbond substituents is 1. The molecule has 3 N–H and O–H groups in total. The van der Waals surface area contributed by atoms with Gasteiger partial charge in [-0.15, -0.1) is 24.0 Å². The van der Waals surface area contributed by atoms with Crippen LogP contribution < -0.4 is 20.1 Å². The number of aromatic hydroxyl groups is 1. The maximum atomic E-state index is 13.4. The lowest BCUT2D eigenvalue weighted by Gasteiger charge is -2.18. The van der Waals surface area contributed by atoms with Crippen LogP contribution >= 0.6 is 24.0 Å². The third kappa shape index (κ3) is 7.79. The van der Waals surface area contributed by atoms with Crippen LogP contribution in [-0.2, 0) is 6.54 Å². The molecule has 0 spiro atoms. The second-order valence-corrected chi connectivity index (χ2v) is 5.97. The number of aliphatic imine (C=N–C) groups is 1. The average Bonchev–Trinajstić information content (AvgIpc) is 2.66. The van der Waals surface area contributed by atoms with Gasteiger partial charge >= 0.3 is 0 Å². The Labute approximate surface area is 182 Å². The minimum atomic E-state index is -0.652. The number of hydrogen-bond donors (Lipinski definition) is 3. The predicted molar refractivity (Wildman–Crippen MR) is 119 cm³/mol. The quantitative estimate of drug-likeness (QED) is 0.291. The fourth-order valence-corrected chi connectivity index (χ4v) is 2.35. The molecule has 0 aromatic heterocycles. The van der Waals surface area contributed by atoms with Crippen LogP contribution in [-0.4, -0.2) is 37.4 Å². The summed E-state index contributed by atoms with van der Waals surface area (Å²) in [6.45, 7) is 5.44. The molecule has 0 radical (unpaired) electrons. The Bertz CT molecular complexity index is 774. The van der Waals surface area contributed by atoms with E-state index in [0.717, 1.165) is 11.5 Å². The van der Waals surface area contributed by atoms with E-state index in [1.54, 1.807) is 13.2 Å². The number of halogens is 2. The molecule has 0 aliphatic carbocycles. The second-order valence-electron chi connectivity index (χ2n) is 5.97. The van der Waals surface area contributed by atoms with Crippen LogP contribution in [0.15, 0.2) is 47.5 Å². The van der Waals surface area contributed by atoms with Crippen LogP contribution in [0.25, 0.3) is 0 Å². The van der Waals surface area contributed by atoms with Gasteiger partial charge in [0.15, 0.2) is 17.5 Å². The number of methoxy groups -OCH3 is 1. The molecule has 0 saturated heterocycles. The Kier molecular flexibility index (Phi) is 10.4. The minimum absolute atomic E-state index is 0. The van der Waals surface area contributed by atoms with Crippen LogP contribution in [0.2, 0.25) is 0 Å². The normalized spacial score (nSPS) is 11.9. The Morgan fingerprint density at radius 3 is 2.61 bits per heavy atom. The smallest absolute Gasteiger partial charge is 0.191 e. The average molecular weight is 503 g/mol. The molecule has 154 valence electrons. The van der Waals surface area contributed by atoms with Gasteiger partial charge in [-0.3, -0.25) is 0 Å². The zero-order valence-electron chi connectivity index (χ0n) is 16.2. The van der Waals surface area contributed by atoms with E-state index < -0.39 is 5.82 Å². The van der Waals surface area contributed by atoms with Crippen molar-refractivity contribution in [1.29, 1.82) is 0 Å². The number of rotatable bonds is 8. The zero-order valence-corrected chi connectivity index (χ0v) is 18.6. The van der Waals surface area contributed by atoms with E-state index in [-0.39, 0.29) is 42.4 Å². The predicted octanol–water partition coefficient (Wildman–Crippen LogP) is 3.68. The van der Waals surface area contributed by atoms with Gasteiger partial charge in [0.05, 0.1) is 20.2 Å². The number of phenols is 1. The van der Waals surface area contributed by atoms with E-state index in [9.17, 15) is 9.50 Å². The van der Waals surface area contributed by atoms with Gasteiger partial charge in [-0.1, -0.05) is 12.1 Å². The number of benzene rings is 2. The maximum absolute atomic E-state index is 13.4. The fraction of sp³-hybridized carbons (Fsp3) is 0.350. The van der Waals surface area contributed by atoms with Crippen molar-refractivity contribution in [3.05, 3.63) is 53.8 Å². The molecule has 0 heterocycles. The van der Waals surface area contributed by atoms with Gasteiger partial charge in [0.25, 0.3) is 0 Å². The van der Waals surface area contributed by atoms with Crippen LogP contribution in [0.1, 0.15) is 19.4 Å². The molecule has 0 aliphatic heterocycles. The van der Waals surface area contributed by atoms with Crippen molar-refractivity contribution in [3.63, 3.8) is 0 Å². The first-order valence-corrected chi connectivity index (χ1v) is 8.82. The first-order valence-electron chi connectivity index (χ1n) is 8.82. The summed E-state index contributed by atoms with van der Waals surface area (Å²) >= 11 is 0. The van der Waals surface area contributed by atoms with E-state index in [0.29, 0.717) is 24.6 Å². The summed E-state index contributed by atoms with van der Waals surface area (Å²) in [5.74, 6) is 1.05. The molecular weight excluding hydrogens is 476 g/mol. The first-order chi connectivity index (χ1) is 13.0. The second kappa shape index (κ2) is 12.3. The minimum Gasteiger partial charge on any atom is -0.505 e. The van der Waals surface area contributed by atoms with E-state index in [1.807, 2.05) is 38.1 Å². The Morgan fingerprint density at radius 2 is 1.93 bits per heavy atom. The third-order valence-electron chi connectivity index (χ3n) is 3.71. The Hall–Kier alpha value is -2.23. The van der Waals surface area contributed by atoms with Crippen LogP contribution in [0.4, 0.5) is 4.39 Å². The highest BCUT2D eigenvalue weighted by Gasteiger charge is 2.07. The highest BCUT2D eigenvalue weighted by molar-refractivity contribution is 14.0. The van der Waals surface area contributed by atoms with Crippen molar-refractivity contribution in [1.82, 2.24) is 10.6 Å². The maximum Gasteiger partial charge on any atom is 0.191 e. The standard InChI is InChI=1S/C20H26FN3O3.HI/c1-4-22-20(24-13-15-8-9-19(25)18(21)10-15)23-12-14(2)27-17-7-5-6-16(11-17)26-3;/h5-11,14,25H,4,12-13H2,1-3H3,(H2,22,23,24);1H. The van der Waals surface area contributed by atoms with Crippen LogP contribution in [0.3, 0.4) is 0 Å². The molecule has 0 fully saturated rings. The van der Waals surface area contributed by atoms with E-state index >= 15 is 0 Å². The summed E-state index contributed by atoms with van der Waals surface area (Å²) < 4.78 is 24.5. The van der Waals surface area contributed by atoms with Gasteiger partial charge < -0.3 is 25.2 Å². The summed E-state index contributed by atoms with van der Waals surface area (Å²) in [4.78, 5) is 4.43. The van der Waals surface area contributed by atoms with Crippen molar-refractivity contribution in [3.8, 4) is 17.2 Å². The van der Waals surface area contributed by atoms with Crippen LogP contribution in [0.5, 0.6) is 17.2 Å². The van der Waals surface area contributed by atoms with Gasteiger partial charge in [0.2, 0.25) is 0 Å². The van der Waals surface area contributed by atoms with Crippen LogP contribution in [0, 0.1) is 5.82 Å². The molecule has 2 rings (SSSR count). The molecule has 0 aliphatic rings. The summed E-state index contributed by atoms with van der Waals surface area (Å²) in [5, 5.41) is 15.6. The largest absolute Gasteiger partial charge is 0.505 e. The van der Waals surface area contributed by atoms with Crippen molar-refractivity contribution in [2.75, 3.05) is 20.2 Å². The summed E-state index contributed by atoms with van der Waals surface area (Å²) in [7, 11) is 1.61.